The highest BCUT2D eigenvalue weighted by Gasteiger charge is 2.08. The van der Waals surface area contributed by atoms with Gasteiger partial charge in [-0.15, -0.1) is 11.8 Å². The summed E-state index contributed by atoms with van der Waals surface area (Å²) in [7, 11) is 0. The average Bonchev–Trinajstić information content (AvgIpc) is 2.41. The second kappa shape index (κ2) is 6.14. The van der Waals surface area contributed by atoms with Gasteiger partial charge in [0.2, 0.25) is 0 Å². The fourth-order valence-corrected chi connectivity index (χ4v) is 2.43. The maximum absolute atomic E-state index is 5.85. The van der Waals surface area contributed by atoms with Crippen LogP contribution in [0.15, 0.2) is 47.4 Å². The molecule has 4 heteroatoms. The van der Waals surface area contributed by atoms with E-state index >= 15 is 0 Å². The van der Waals surface area contributed by atoms with Crippen molar-refractivity contribution in [3.63, 3.8) is 0 Å². The van der Waals surface area contributed by atoms with Crippen LogP contribution in [0, 0.1) is 0 Å². The van der Waals surface area contributed by atoms with Crippen molar-refractivity contribution in [2.75, 3.05) is 6.26 Å². The summed E-state index contributed by atoms with van der Waals surface area (Å²) in [6, 6.07) is 13.2. The van der Waals surface area contributed by atoms with Gasteiger partial charge in [0.1, 0.15) is 11.5 Å². The van der Waals surface area contributed by atoms with Gasteiger partial charge in [-0.2, -0.15) is 0 Å². The van der Waals surface area contributed by atoms with Gasteiger partial charge in [0.15, 0.2) is 0 Å². The lowest BCUT2D eigenvalue weighted by Gasteiger charge is -2.13. The Bertz CT molecular complexity index is 528. The maximum atomic E-state index is 5.85. The van der Waals surface area contributed by atoms with E-state index in [1.807, 2.05) is 36.6 Å². The molecule has 0 radical (unpaired) electrons. The van der Waals surface area contributed by atoms with Crippen LogP contribution in [0.3, 0.4) is 0 Å². The van der Waals surface area contributed by atoms with Crippen molar-refractivity contribution in [1.82, 2.24) is 0 Å². The molecule has 0 aromatic heterocycles. The monoisotopic (exact) mass is 279 g/mol. The van der Waals surface area contributed by atoms with E-state index in [2.05, 4.69) is 0 Å². The Morgan fingerprint density at radius 2 is 1.89 bits per heavy atom. The van der Waals surface area contributed by atoms with E-state index in [9.17, 15) is 0 Å². The molecule has 0 fully saturated rings. The molecule has 18 heavy (non-hydrogen) atoms. The van der Waals surface area contributed by atoms with E-state index in [0.717, 1.165) is 22.0 Å². The highest BCUT2D eigenvalue weighted by Crippen LogP contribution is 2.32. The Kier molecular flexibility index (Phi) is 4.53. The molecule has 94 valence electrons. The summed E-state index contributed by atoms with van der Waals surface area (Å²) in [5, 5.41) is 0.694. The molecule has 2 aromatic carbocycles. The molecular formula is C14H14ClNOS. The standard InChI is InChI=1S/C14H14ClNOS/c1-18-14-4-2-3-13(12(14)9-16)17-11-7-5-10(15)6-8-11/h2-8H,9,16H2,1H3. The fourth-order valence-electron chi connectivity index (χ4n) is 1.66. The largest absolute Gasteiger partial charge is 0.457 e. The van der Waals surface area contributed by atoms with Crippen molar-refractivity contribution in [2.24, 2.45) is 5.73 Å². The van der Waals surface area contributed by atoms with Crippen LogP contribution in [0.1, 0.15) is 5.56 Å². The predicted octanol–water partition coefficient (Wildman–Crippen LogP) is 4.31. The number of benzene rings is 2. The van der Waals surface area contributed by atoms with E-state index in [1.54, 1.807) is 23.9 Å². The molecule has 0 atom stereocenters. The molecule has 2 nitrogen and oxygen atoms in total. The van der Waals surface area contributed by atoms with Crippen LogP contribution in [0.4, 0.5) is 0 Å². The summed E-state index contributed by atoms with van der Waals surface area (Å²) >= 11 is 7.51. The number of hydrogen-bond donors (Lipinski definition) is 1. The molecule has 0 amide bonds. The molecule has 0 unspecified atom stereocenters. The van der Waals surface area contributed by atoms with Crippen molar-refractivity contribution < 1.29 is 4.74 Å². The van der Waals surface area contributed by atoms with Crippen molar-refractivity contribution in [3.05, 3.63) is 53.1 Å². The van der Waals surface area contributed by atoms with E-state index in [1.165, 1.54) is 0 Å². The minimum atomic E-state index is 0.458. The first-order valence-corrected chi connectivity index (χ1v) is 7.14. The van der Waals surface area contributed by atoms with Crippen molar-refractivity contribution in [1.29, 1.82) is 0 Å². The topological polar surface area (TPSA) is 35.2 Å². The van der Waals surface area contributed by atoms with Gasteiger partial charge in [0.05, 0.1) is 0 Å². The zero-order valence-corrected chi connectivity index (χ0v) is 11.6. The Morgan fingerprint density at radius 1 is 1.17 bits per heavy atom. The summed E-state index contributed by atoms with van der Waals surface area (Å²) in [6.45, 7) is 0.458. The third-order valence-electron chi connectivity index (χ3n) is 2.56. The highest BCUT2D eigenvalue weighted by atomic mass is 35.5. The summed E-state index contributed by atoms with van der Waals surface area (Å²) < 4.78 is 5.85. The predicted molar refractivity (Wildman–Crippen MR) is 77.6 cm³/mol. The van der Waals surface area contributed by atoms with Crippen LogP contribution in [0.2, 0.25) is 5.02 Å². The molecule has 0 saturated carbocycles. The Balaban J connectivity index is 2.31. The first kappa shape index (κ1) is 13.3. The van der Waals surface area contributed by atoms with Gasteiger partial charge in [0, 0.05) is 22.0 Å². The Labute approximate surface area is 116 Å². The molecular weight excluding hydrogens is 266 g/mol. The van der Waals surface area contributed by atoms with Gasteiger partial charge in [-0.3, -0.25) is 0 Å². The molecule has 0 saturated heterocycles. The third kappa shape index (κ3) is 2.99. The Morgan fingerprint density at radius 3 is 2.50 bits per heavy atom. The second-order valence-electron chi connectivity index (χ2n) is 3.70. The molecule has 2 rings (SSSR count). The van der Waals surface area contributed by atoms with Crippen molar-refractivity contribution >= 4 is 23.4 Å². The van der Waals surface area contributed by atoms with E-state index in [-0.39, 0.29) is 0 Å². The third-order valence-corrected chi connectivity index (χ3v) is 3.63. The average molecular weight is 280 g/mol. The number of ether oxygens (including phenoxy) is 1. The minimum absolute atomic E-state index is 0.458. The lowest BCUT2D eigenvalue weighted by Crippen LogP contribution is -2.01. The molecule has 0 aliphatic carbocycles. The molecule has 0 bridgehead atoms. The van der Waals surface area contributed by atoms with Crippen LogP contribution in [0.25, 0.3) is 0 Å². The lowest BCUT2D eigenvalue weighted by atomic mass is 10.2. The summed E-state index contributed by atoms with van der Waals surface area (Å²) in [4.78, 5) is 1.14. The van der Waals surface area contributed by atoms with Crippen molar-refractivity contribution in [2.45, 2.75) is 11.4 Å². The second-order valence-corrected chi connectivity index (χ2v) is 4.98. The number of halogens is 1. The van der Waals surface area contributed by atoms with Gasteiger partial charge in [-0.05, 0) is 42.7 Å². The van der Waals surface area contributed by atoms with E-state index in [0.29, 0.717) is 11.6 Å². The number of hydrogen-bond acceptors (Lipinski definition) is 3. The van der Waals surface area contributed by atoms with E-state index in [4.69, 9.17) is 22.1 Å². The minimum Gasteiger partial charge on any atom is -0.457 e. The van der Waals surface area contributed by atoms with Gasteiger partial charge in [-0.1, -0.05) is 17.7 Å². The number of rotatable bonds is 4. The van der Waals surface area contributed by atoms with Gasteiger partial charge in [-0.25, -0.2) is 0 Å². The first-order valence-electron chi connectivity index (χ1n) is 5.54. The SMILES string of the molecule is CSc1cccc(Oc2ccc(Cl)cc2)c1CN. The Hall–Kier alpha value is -1.16. The van der Waals surface area contributed by atoms with Crippen LogP contribution in [-0.4, -0.2) is 6.26 Å². The van der Waals surface area contributed by atoms with Gasteiger partial charge < -0.3 is 10.5 Å². The maximum Gasteiger partial charge on any atom is 0.133 e. The molecule has 2 N–H and O–H groups in total. The van der Waals surface area contributed by atoms with Crippen LogP contribution in [0.5, 0.6) is 11.5 Å². The van der Waals surface area contributed by atoms with Crippen LogP contribution in [-0.2, 0) is 6.54 Å². The van der Waals surface area contributed by atoms with Gasteiger partial charge in [0.25, 0.3) is 0 Å². The zero-order chi connectivity index (χ0) is 13.0. The quantitative estimate of drug-likeness (QED) is 0.847. The summed E-state index contributed by atoms with van der Waals surface area (Å²) in [5.74, 6) is 1.55. The summed E-state index contributed by atoms with van der Waals surface area (Å²) in [5.41, 5.74) is 6.82. The lowest BCUT2D eigenvalue weighted by molar-refractivity contribution is 0.474. The highest BCUT2D eigenvalue weighted by molar-refractivity contribution is 7.98. The number of nitrogens with two attached hydrogens (primary N) is 1. The molecule has 0 aliphatic rings. The van der Waals surface area contributed by atoms with Crippen molar-refractivity contribution in [3.8, 4) is 11.5 Å². The zero-order valence-electron chi connectivity index (χ0n) is 10.0. The molecule has 0 heterocycles. The smallest absolute Gasteiger partial charge is 0.133 e. The number of thioether (sulfide) groups is 1. The molecule has 0 aliphatic heterocycles. The molecule has 2 aromatic rings. The van der Waals surface area contributed by atoms with E-state index < -0.39 is 0 Å². The molecule has 0 spiro atoms. The fraction of sp³-hybridized carbons (Fsp3) is 0.143. The van der Waals surface area contributed by atoms with Crippen LogP contribution < -0.4 is 10.5 Å². The van der Waals surface area contributed by atoms with Gasteiger partial charge >= 0.3 is 0 Å². The van der Waals surface area contributed by atoms with Crippen LogP contribution >= 0.6 is 23.4 Å². The summed E-state index contributed by atoms with van der Waals surface area (Å²) in [6.07, 6.45) is 2.03. The first-order chi connectivity index (χ1) is 8.74. The normalized spacial score (nSPS) is 10.4.